The van der Waals surface area contributed by atoms with Gasteiger partial charge in [-0.1, -0.05) is 18.6 Å². The van der Waals surface area contributed by atoms with E-state index in [0.29, 0.717) is 18.6 Å². The SMILES string of the molecule is O=C(N[C@H]1CCN2CCCC[C@@H]12)c1ccc(Cn2cncn2)cc1. The summed E-state index contributed by atoms with van der Waals surface area (Å²) in [6.07, 6.45) is 8.08. The number of benzene rings is 1. The first-order valence-electron chi connectivity index (χ1n) is 8.76. The molecule has 2 aromatic rings. The number of aromatic nitrogens is 3. The van der Waals surface area contributed by atoms with Crippen molar-refractivity contribution >= 4 is 5.91 Å². The van der Waals surface area contributed by atoms with Crippen molar-refractivity contribution in [2.75, 3.05) is 13.1 Å². The number of nitrogens with one attached hydrogen (secondary N) is 1. The molecule has 4 rings (SSSR count). The highest BCUT2D eigenvalue weighted by Gasteiger charge is 2.36. The number of hydrogen-bond acceptors (Lipinski definition) is 4. The molecule has 1 aromatic heterocycles. The van der Waals surface area contributed by atoms with Gasteiger partial charge in [-0.25, -0.2) is 9.67 Å². The second kappa shape index (κ2) is 6.73. The molecular formula is C18H23N5O. The topological polar surface area (TPSA) is 63.1 Å². The van der Waals surface area contributed by atoms with Crippen LogP contribution in [0.1, 0.15) is 41.6 Å². The van der Waals surface area contributed by atoms with E-state index in [9.17, 15) is 4.79 Å². The number of amides is 1. The van der Waals surface area contributed by atoms with Crippen LogP contribution in [0.15, 0.2) is 36.9 Å². The van der Waals surface area contributed by atoms with E-state index >= 15 is 0 Å². The lowest BCUT2D eigenvalue weighted by Gasteiger charge is -2.32. The quantitative estimate of drug-likeness (QED) is 0.929. The van der Waals surface area contributed by atoms with Gasteiger partial charge in [-0.05, 0) is 43.5 Å². The van der Waals surface area contributed by atoms with E-state index in [1.807, 2.05) is 24.3 Å². The van der Waals surface area contributed by atoms with Gasteiger partial charge in [-0.2, -0.15) is 5.10 Å². The van der Waals surface area contributed by atoms with Crippen LogP contribution in [0.2, 0.25) is 0 Å². The third-order valence-electron chi connectivity index (χ3n) is 5.20. The summed E-state index contributed by atoms with van der Waals surface area (Å²) in [6, 6.07) is 8.60. The van der Waals surface area contributed by atoms with Crippen molar-refractivity contribution in [3.63, 3.8) is 0 Å². The van der Waals surface area contributed by atoms with E-state index in [-0.39, 0.29) is 5.91 Å². The number of piperidine rings is 1. The zero-order valence-corrected chi connectivity index (χ0v) is 13.8. The van der Waals surface area contributed by atoms with Gasteiger partial charge in [0.15, 0.2) is 0 Å². The highest BCUT2D eigenvalue weighted by atomic mass is 16.1. The fourth-order valence-electron chi connectivity index (χ4n) is 3.93. The molecule has 0 unspecified atom stereocenters. The molecule has 0 aliphatic carbocycles. The van der Waals surface area contributed by atoms with Gasteiger partial charge in [0.1, 0.15) is 12.7 Å². The minimum absolute atomic E-state index is 0.0414. The Kier molecular flexibility index (Phi) is 4.30. The number of nitrogens with zero attached hydrogens (tertiary/aromatic N) is 4. The summed E-state index contributed by atoms with van der Waals surface area (Å²) < 4.78 is 1.77. The lowest BCUT2D eigenvalue weighted by atomic mass is 9.98. The van der Waals surface area contributed by atoms with E-state index in [1.54, 1.807) is 11.0 Å². The van der Waals surface area contributed by atoms with Gasteiger partial charge >= 0.3 is 0 Å². The smallest absolute Gasteiger partial charge is 0.251 e. The summed E-state index contributed by atoms with van der Waals surface area (Å²) in [5, 5.41) is 7.35. The summed E-state index contributed by atoms with van der Waals surface area (Å²) in [4.78, 5) is 19.0. The molecule has 2 fully saturated rings. The second-order valence-electron chi connectivity index (χ2n) is 6.76. The number of fused-ring (bicyclic) bond motifs is 1. The Morgan fingerprint density at radius 1 is 1.17 bits per heavy atom. The van der Waals surface area contributed by atoms with E-state index in [1.165, 1.54) is 32.1 Å². The third kappa shape index (κ3) is 3.19. The normalized spacial score (nSPS) is 23.8. The molecule has 24 heavy (non-hydrogen) atoms. The average molecular weight is 325 g/mol. The minimum Gasteiger partial charge on any atom is -0.348 e. The molecule has 0 saturated carbocycles. The number of rotatable bonds is 4. The van der Waals surface area contributed by atoms with Gasteiger partial charge in [0, 0.05) is 24.2 Å². The maximum atomic E-state index is 12.5. The Morgan fingerprint density at radius 3 is 2.83 bits per heavy atom. The molecule has 6 heteroatoms. The highest BCUT2D eigenvalue weighted by molar-refractivity contribution is 5.94. The third-order valence-corrected chi connectivity index (χ3v) is 5.20. The summed E-state index contributed by atoms with van der Waals surface area (Å²) in [6.45, 7) is 2.97. The molecule has 2 atom stereocenters. The fraction of sp³-hybridized carbons (Fsp3) is 0.500. The molecule has 0 spiro atoms. The van der Waals surface area contributed by atoms with Crippen molar-refractivity contribution in [3.8, 4) is 0 Å². The van der Waals surface area contributed by atoms with Crippen molar-refractivity contribution in [2.24, 2.45) is 0 Å². The largest absolute Gasteiger partial charge is 0.348 e. The summed E-state index contributed by atoms with van der Waals surface area (Å²) >= 11 is 0. The maximum Gasteiger partial charge on any atom is 0.251 e. The van der Waals surface area contributed by atoms with Crippen LogP contribution in [-0.2, 0) is 6.54 Å². The molecule has 126 valence electrons. The van der Waals surface area contributed by atoms with Gasteiger partial charge in [0.25, 0.3) is 5.91 Å². The van der Waals surface area contributed by atoms with Crippen LogP contribution in [0.5, 0.6) is 0 Å². The van der Waals surface area contributed by atoms with Crippen LogP contribution in [0.25, 0.3) is 0 Å². The zero-order valence-electron chi connectivity index (χ0n) is 13.8. The van der Waals surface area contributed by atoms with Gasteiger partial charge in [-0.15, -0.1) is 0 Å². The highest BCUT2D eigenvalue weighted by Crippen LogP contribution is 2.27. The molecule has 2 aliphatic rings. The van der Waals surface area contributed by atoms with Crippen molar-refractivity contribution in [3.05, 3.63) is 48.0 Å². The predicted molar refractivity (Wildman–Crippen MR) is 90.6 cm³/mol. The van der Waals surface area contributed by atoms with Crippen LogP contribution < -0.4 is 5.32 Å². The van der Waals surface area contributed by atoms with Crippen LogP contribution in [0.3, 0.4) is 0 Å². The molecular weight excluding hydrogens is 302 g/mol. The Labute approximate surface area is 141 Å². The van der Waals surface area contributed by atoms with E-state index < -0.39 is 0 Å². The van der Waals surface area contributed by atoms with Crippen molar-refractivity contribution in [1.82, 2.24) is 25.0 Å². The average Bonchev–Trinajstić information content (AvgIpc) is 3.26. The van der Waals surface area contributed by atoms with Gasteiger partial charge in [0.05, 0.1) is 6.54 Å². The number of carbonyl (C=O) groups excluding carboxylic acids is 1. The van der Waals surface area contributed by atoms with Crippen molar-refractivity contribution in [2.45, 2.75) is 44.3 Å². The Bertz CT molecular complexity index is 682. The van der Waals surface area contributed by atoms with Gasteiger partial charge in [-0.3, -0.25) is 9.69 Å². The second-order valence-corrected chi connectivity index (χ2v) is 6.76. The summed E-state index contributed by atoms with van der Waals surface area (Å²) in [7, 11) is 0. The number of hydrogen-bond donors (Lipinski definition) is 1. The van der Waals surface area contributed by atoms with Gasteiger partial charge in [0.2, 0.25) is 0 Å². The predicted octanol–water partition coefficient (Wildman–Crippen LogP) is 1.68. The van der Waals surface area contributed by atoms with Crippen molar-refractivity contribution in [1.29, 1.82) is 0 Å². The Hall–Kier alpha value is -2.21. The van der Waals surface area contributed by atoms with Gasteiger partial charge < -0.3 is 5.32 Å². The zero-order chi connectivity index (χ0) is 16.4. The first kappa shape index (κ1) is 15.3. The molecule has 2 aliphatic heterocycles. The Balaban J connectivity index is 1.37. The van der Waals surface area contributed by atoms with Crippen LogP contribution in [0.4, 0.5) is 0 Å². The molecule has 1 N–H and O–H groups in total. The monoisotopic (exact) mass is 325 g/mol. The first-order valence-corrected chi connectivity index (χ1v) is 8.76. The summed E-state index contributed by atoms with van der Waals surface area (Å²) in [5.41, 5.74) is 1.84. The maximum absolute atomic E-state index is 12.5. The van der Waals surface area contributed by atoms with E-state index in [0.717, 1.165) is 24.1 Å². The van der Waals surface area contributed by atoms with Crippen LogP contribution in [0, 0.1) is 0 Å². The molecule has 1 amide bonds. The molecule has 3 heterocycles. The van der Waals surface area contributed by atoms with Crippen molar-refractivity contribution < 1.29 is 4.79 Å². The molecule has 0 radical (unpaired) electrons. The van der Waals surface area contributed by atoms with Crippen LogP contribution >= 0.6 is 0 Å². The minimum atomic E-state index is 0.0414. The lowest BCUT2D eigenvalue weighted by Crippen LogP contribution is -2.46. The first-order chi connectivity index (χ1) is 11.8. The standard InChI is InChI=1S/C18H23N5O/c24-18(21-16-8-10-22-9-2-1-3-17(16)22)15-6-4-14(5-7-15)11-23-13-19-12-20-23/h4-7,12-13,16-17H,1-3,8-11H2,(H,21,24)/t16-,17-/m0/s1. The molecule has 0 bridgehead atoms. The molecule has 1 aromatic carbocycles. The summed E-state index contributed by atoms with van der Waals surface area (Å²) in [5.74, 6) is 0.0414. The molecule has 2 saturated heterocycles. The van der Waals surface area contributed by atoms with Crippen LogP contribution in [-0.4, -0.2) is 50.7 Å². The number of carbonyl (C=O) groups is 1. The molecule has 6 nitrogen and oxygen atoms in total. The Morgan fingerprint density at radius 2 is 2.04 bits per heavy atom. The van der Waals surface area contributed by atoms with E-state index in [4.69, 9.17) is 0 Å². The van der Waals surface area contributed by atoms with E-state index in [2.05, 4.69) is 20.3 Å². The lowest BCUT2D eigenvalue weighted by molar-refractivity contribution is 0.0915. The fourth-order valence-corrected chi connectivity index (χ4v) is 3.93.